The molecule has 0 amide bonds. The van der Waals surface area contributed by atoms with Crippen LogP contribution in [0.1, 0.15) is 43.7 Å². The Morgan fingerprint density at radius 2 is 2.00 bits per heavy atom. The molecule has 86 valence electrons. The Balaban J connectivity index is 0.000000457. The van der Waals surface area contributed by atoms with Gasteiger partial charge < -0.3 is 9.97 Å². The molecule has 0 spiro atoms. The van der Waals surface area contributed by atoms with Gasteiger partial charge >= 0.3 is 0 Å². The highest BCUT2D eigenvalue weighted by atomic mass is 16.1. The quantitative estimate of drug-likeness (QED) is 0.759. The molecule has 3 heteroatoms. The second-order valence-corrected chi connectivity index (χ2v) is 4.09. The van der Waals surface area contributed by atoms with Crippen LogP contribution in [0.25, 0.3) is 11.0 Å². The molecule has 0 radical (unpaired) electrons. The number of aromatic nitrogens is 2. The number of aromatic amines is 2. The van der Waals surface area contributed by atoms with Gasteiger partial charge in [-0.15, -0.1) is 0 Å². The number of nitrogens with one attached hydrogen (secondary N) is 2. The summed E-state index contributed by atoms with van der Waals surface area (Å²) in [5.74, 6) is 0.506. The SMILES string of the molecule is CC.Cc1c[nH]c2cc(C3CC3)c(=O)[nH]c12. The van der Waals surface area contributed by atoms with Crippen LogP contribution in [-0.4, -0.2) is 9.97 Å². The number of aryl methyl sites for hydroxylation is 1. The third kappa shape index (κ3) is 1.77. The number of fused-ring (bicyclic) bond motifs is 1. The first-order chi connectivity index (χ1) is 7.75. The lowest BCUT2D eigenvalue weighted by molar-refractivity contribution is 1.07. The molecule has 2 N–H and O–H groups in total. The van der Waals surface area contributed by atoms with Gasteiger partial charge in [0, 0.05) is 11.8 Å². The molecule has 0 atom stereocenters. The predicted molar refractivity (Wildman–Crippen MR) is 67.0 cm³/mol. The lowest BCUT2D eigenvalue weighted by Gasteiger charge is -1.97. The van der Waals surface area contributed by atoms with Gasteiger partial charge in [0.25, 0.3) is 5.56 Å². The van der Waals surface area contributed by atoms with Crippen LogP contribution in [0.2, 0.25) is 0 Å². The van der Waals surface area contributed by atoms with Crippen molar-refractivity contribution in [2.24, 2.45) is 0 Å². The van der Waals surface area contributed by atoms with E-state index >= 15 is 0 Å². The van der Waals surface area contributed by atoms with Gasteiger partial charge in [-0.2, -0.15) is 0 Å². The molecule has 1 aliphatic rings. The largest absolute Gasteiger partial charge is 0.360 e. The van der Waals surface area contributed by atoms with Crippen molar-refractivity contribution >= 4 is 11.0 Å². The first-order valence-corrected chi connectivity index (χ1v) is 5.96. The van der Waals surface area contributed by atoms with Crippen molar-refractivity contribution in [2.75, 3.05) is 0 Å². The van der Waals surface area contributed by atoms with Crippen LogP contribution in [-0.2, 0) is 0 Å². The Morgan fingerprint density at radius 3 is 2.62 bits per heavy atom. The van der Waals surface area contributed by atoms with Crippen LogP contribution in [0, 0.1) is 6.92 Å². The highest BCUT2D eigenvalue weighted by molar-refractivity contribution is 5.79. The average molecular weight is 218 g/mol. The van der Waals surface area contributed by atoms with Crippen LogP contribution in [0.4, 0.5) is 0 Å². The Labute approximate surface area is 94.9 Å². The van der Waals surface area contributed by atoms with E-state index in [-0.39, 0.29) is 5.56 Å². The van der Waals surface area contributed by atoms with E-state index in [1.165, 1.54) is 0 Å². The van der Waals surface area contributed by atoms with Crippen molar-refractivity contribution in [2.45, 2.75) is 39.5 Å². The molecule has 2 aromatic heterocycles. The van der Waals surface area contributed by atoms with Crippen molar-refractivity contribution in [3.63, 3.8) is 0 Å². The van der Waals surface area contributed by atoms with Crippen LogP contribution in [0.5, 0.6) is 0 Å². The van der Waals surface area contributed by atoms with E-state index in [0.29, 0.717) is 5.92 Å². The molecule has 3 rings (SSSR count). The second-order valence-electron chi connectivity index (χ2n) is 4.09. The summed E-state index contributed by atoms with van der Waals surface area (Å²) in [6.45, 7) is 5.99. The second kappa shape index (κ2) is 4.16. The Morgan fingerprint density at radius 1 is 1.31 bits per heavy atom. The summed E-state index contributed by atoms with van der Waals surface area (Å²) in [5, 5.41) is 0. The van der Waals surface area contributed by atoms with E-state index in [0.717, 1.165) is 35.0 Å². The average Bonchev–Trinajstić information content (AvgIpc) is 3.08. The van der Waals surface area contributed by atoms with E-state index in [9.17, 15) is 4.79 Å². The molecule has 2 heterocycles. The van der Waals surface area contributed by atoms with E-state index in [2.05, 4.69) is 9.97 Å². The minimum atomic E-state index is 0.0858. The van der Waals surface area contributed by atoms with Gasteiger partial charge in [-0.05, 0) is 37.3 Å². The van der Waals surface area contributed by atoms with E-state index < -0.39 is 0 Å². The Bertz CT molecular complexity index is 547. The van der Waals surface area contributed by atoms with Crippen LogP contribution < -0.4 is 5.56 Å². The third-order valence-corrected chi connectivity index (χ3v) is 2.93. The fraction of sp³-hybridized carbons (Fsp3) is 0.462. The van der Waals surface area contributed by atoms with Gasteiger partial charge in [0.2, 0.25) is 0 Å². The molecule has 1 fully saturated rings. The summed E-state index contributed by atoms with van der Waals surface area (Å²) in [5.41, 5.74) is 4.12. The molecule has 1 saturated carbocycles. The molecule has 0 aliphatic heterocycles. The van der Waals surface area contributed by atoms with E-state index in [4.69, 9.17) is 0 Å². The fourth-order valence-electron chi connectivity index (χ4n) is 1.93. The van der Waals surface area contributed by atoms with Gasteiger partial charge in [0.1, 0.15) is 0 Å². The normalized spacial score (nSPS) is 14.7. The number of pyridine rings is 1. The summed E-state index contributed by atoms with van der Waals surface area (Å²) >= 11 is 0. The van der Waals surface area contributed by atoms with Crippen molar-refractivity contribution in [1.82, 2.24) is 9.97 Å². The summed E-state index contributed by atoms with van der Waals surface area (Å²) < 4.78 is 0. The molecule has 1 aliphatic carbocycles. The Hall–Kier alpha value is -1.51. The highest BCUT2D eigenvalue weighted by Crippen LogP contribution is 2.38. The van der Waals surface area contributed by atoms with Gasteiger partial charge in [-0.3, -0.25) is 4.79 Å². The summed E-state index contributed by atoms with van der Waals surface area (Å²) in [6, 6.07) is 2.00. The molecule has 2 aromatic rings. The molecule has 0 bridgehead atoms. The number of rotatable bonds is 1. The van der Waals surface area contributed by atoms with Crippen molar-refractivity contribution in [1.29, 1.82) is 0 Å². The lowest BCUT2D eigenvalue weighted by atomic mass is 10.1. The van der Waals surface area contributed by atoms with E-state index in [1.807, 2.05) is 33.0 Å². The molecule has 0 unspecified atom stereocenters. The number of H-pyrrole nitrogens is 2. The smallest absolute Gasteiger partial charge is 0.252 e. The third-order valence-electron chi connectivity index (χ3n) is 2.93. The van der Waals surface area contributed by atoms with Crippen LogP contribution >= 0.6 is 0 Å². The van der Waals surface area contributed by atoms with Crippen molar-refractivity contribution in [3.05, 3.63) is 33.7 Å². The molecule has 16 heavy (non-hydrogen) atoms. The maximum absolute atomic E-state index is 11.7. The zero-order valence-electron chi connectivity index (χ0n) is 10.1. The first kappa shape index (κ1) is 11.0. The standard InChI is InChI=1S/C11H12N2O.C2H6/c1-6-5-12-9-4-8(7-2-3-7)11(14)13-10(6)9;1-2/h4-5,7,12H,2-3H2,1H3,(H,13,14);1-2H3. The lowest BCUT2D eigenvalue weighted by Crippen LogP contribution is -2.10. The zero-order chi connectivity index (χ0) is 11.7. The van der Waals surface area contributed by atoms with Gasteiger partial charge in [-0.1, -0.05) is 13.8 Å². The summed E-state index contributed by atoms with van der Waals surface area (Å²) in [4.78, 5) is 17.8. The van der Waals surface area contributed by atoms with Crippen molar-refractivity contribution < 1.29 is 0 Å². The summed E-state index contributed by atoms with van der Waals surface area (Å²) in [6.07, 6.45) is 4.25. The highest BCUT2D eigenvalue weighted by Gasteiger charge is 2.26. The maximum atomic E-state index is 11.7. The molecule has 3 nitrogen and oxygen atoms in total. The Kier molecular flexibility index (Phi) is 2.86. The number of hydrogen-bond acceptors (Lipinski definition) is 1. The van der Waals surface area contributed by atoms with Gasteiger partial charge in [0.05, 0.1) is 11.0 Å². The maximum Gasteiger partial charge on any atom is 0.252 e. The monoisotopic (exact) mass is 218 g/mol. The van der Waals surface area contributed by atoms with Crippen LogP contribution in [0.3, 0.4) is 0 Å². The molecule has 0 aromatic carbocycles. The fourth-order valence-corrected chi connectivity index (χ4v) is 1.93. The minimum absolute atomic E-state index is 0.0858. The number of hydrogen-bond donors (Lipinski definition) is 2. The van der Waals surface area contributed by atoms with Gasteiger partial charge in [0.15, 0.2) is 0 Å². The predicted octanol–water partition coefficient (Wildman–Crippen LogP) is 3.07. The molecular weight excluding hydrogens is 200 g/mol. The van der Waals surface area contributed by atoms with E-state index in [1.54, 1.807) is 0 Å². The zero-order valence-corrected chi connectivity index (χ0v) is 10.1. The van der Waals surface area contributed by atoms with Gasteiger partial charge in [-0.25, -0.2) is 0 Å². The topological polar surface area (TPSA) is 48.6 Å². The van der Waals surface area contributed by atoms with Crippen molar-refractivity contribution in [3.8, 4) is 0 Å². The first-order valence-electron chi connectivity index (χ1n) is 5.96. The minimum Gasteiger partial charge on any atom is -0.360 e. The molecule has 0 saturated heterocycles. The van der Waals surface area contributed by atoms with Crippen LogP contribution in [0.15, 0.2) is 17.1 Å². The molecular formula is C13H18N2O. The summed E-state index contributed by atoms with van der Waals surface area (Å²) in [7, 11) is 0.